The number of nitrogens with one attached hydrogen (secondary N) is 2. The fourth-order valence-electron chi connectivity index (χ4n) is 1.80. The van der Waals surface area contributed by atoms with Crippen LogP contribution in [0.5, 0.6) is 0 Å². The second kappa shape index (κ2) is 6.54. The van der Waals surface area contributed by atoms with Gasteiger partial charge in [0.2, 0.25) is 10.0 Å². The number of rotatable bonds is 4. The monoisotopic (exact) mass is 304 g/mol. The second-order valence-electron chi connectivity index (χ2n) is 4.35. The number of aryl methyl sites for hydroxylation is 1. The summed E-state index contributed by atoms with van der Waals surface area (Å²) in [5.74, 6) is 5.69. The van der Waals surface area contributed by atoms with Crippen molar-refractivity contribution in [2.45, 2.75) is 18.4 Å². The Labute approximate surface area is 123 Å². The molecule has 6 nitrogen and oxygen atoms in total. The normalized spacial score (nSPS) is 11.0. The number of benzene rings is 1. The van der Waals surface area contributed by atoms with E-state index in [0.717, 1.165) is 11.1 Å². The van der Waals surface area contributed by atoms with Crippen molar-refractivity contribution < 1.29 is 8.42 Å². The van der Waals surface area contributed by atoms with E-state index in [4.69, 9.17) is 5.73 Å². The number of nitrogens with two attached hydrogens (primary N) is 1. The molecule has 0 spiro atoms. The van der Waals surface area contributed by atoms with Crippen molar-refractivity contribution in [3.05, 3.63) is 47.3 Å². The number of hydrogen-bond donors (Lipinski definition) is 3. The molecule has 4 N–H and O–H groups in total. The van der Waals surface area contributed by atoms with Crippen LogP contribution in [-0.2, 0) is 16.6 Å². The maximum atomic E-state index is 12.2. The Morgan fingerprint density at radius 3 is 2.81 bits per heavy atom. The molecule has 0 aliphatic carbocycles. The molecule has 0 unspecified atom stereocenters. The zero-order valence-corrected chi connectivity index (χ0v) is 12.4. The van der Waals surface area contributed by atoms with E-state index in [1.54, 1.807) is 6.92 Å². The molecule has 1 aromatic carbocycles. The molecule has 0 saturated carbocycles. The van der Waals surface area contributed by atoms with Crippen LogP contribution in [0.1, 0.15) is 16.8 Å². The van der Waals surface area contributed by atoms with Crippen LogP contribution in [0.25, 0.3) is 0 Å². The summed E-state index contributed by atoms with van der Waals surface area (Å²) in [6, 6.07) is 7.33. The van der Waals surface area contributed by atoms with Crippen molar-refractivity contribution >= 4 is 10.0 Å². The fourth-order valence-corrected chi connectivity index (χ4v) is 2.94. The Morgan fingerprint density at radius 2 is 2.14 bits per heavy atom. The molecular weight excluding hydrogens is 288 g/mol. The van der Waals surface area contributed by atoms with E-state index in [1.165, 1.54) is 6.20 Å². The van der Waals surface area contributed by atoms with Crippen LogP contribution < -0.4 is 10.5 Å². The summed E-state index contributed by atoms with van der Waals surface area (Å²) in [4.78, 5) is 0.146. The van der Waals surface area contributed by atoms with Gasteiger partial charge in [-0.25, -0.2) is 13.1 Å². The smallest absolute Gasteiger partial charge is 0.244 e. The van der Waals surface area contributed by atoms with E-state index in [2.05, 4.69) is 26.8 Å². The SMILES string of the molecule is Cc1[nH]ncc1S(=O)(=O)NCc1ccccc1C#CCN. The van der Waals surface area contributed by atoms with Crippen LogP contribution in [-0.4, -0.2) is 25.2 Å². The largest absolute Gasteiger partial charge is 0.320 e. The first-order valence-corrected chi connectivity index (χ1v) is 7.79. The number of aromatic amines is 1. The minimum Gasteiger partial charge on any atom is -0.320 e. The number of sulfonamides is 1. The number of H-pyrrole nitrogens is 1. The summed E-state index contributed by atoms with van der Waals surface area (Å²) in [6.07, 6.45) is 1.29. The van der Waals surface area contributed by atoms with Crippen molar-refractivity contribution in [1.82, 2.24) is 14.9 Å². The van der Waals surface area contributed by atoms with E-state index in [-0.39, 0.29) is 18.0 Å². The number of hydrogen-bond acceptors (Lipinski definition) is 4. The van der Waals surface area contributed by atoms with Gasteiger partial charge in [0.25, 0.3) is 0 Å². The summed E-state index contributed by atoms with van der Waals surface area (Å²) in [5, 5.41) is 6.33. The Hall–Kier alpha value is -2.14. The van der Waals surface area contributed by atoms with Crippen LogP contribution in [0.15, 0.2) is 35.4 Å². The average Bonchev–Trinajstić information content (AvgIpc) is 2.91. The van der Waals surface area contributed by atoms with Gasteiger partial charge >= 0.3 is 0 Å². The van der Waals surface area contributed by atoms with Gasteiger partial charge in [-0.1, -0.05) is 30.0 Å². The predicted octanol–water partition coefficient (Wildman–Crippen LogP) is 0.507. The van der Waals surface area contributed by atoms with Crippen molar-refractivity contribution in [1.29, 1.82) is 0 Å². The Morgan fingerprint density at radius 1 is 1.38 bits per heavy atom. The fraction of sp³-hybridized carbons (Fsp3) is 0.214. The zero-order chi connectivity index (χ0) is 15.3. The van der Waals surface area contributed by atoms with Gasteiger partial charge in [0.15, 0.2) is 0 Å². The number of nitrogens with zero attached hydrogens (tertiary/aromatic N) is 1. The third-order valence-electron chi connectivity index (χ3n) is 2.87. The lowest BCUT2D eigenvalue weighted by Gasteiger charge is -2.07. The van der Waals surface area contributed by atoms with E-state index < -0.39 is 10.0 Å². The average molecular weight is 304 g/mol. The summed E-state index contributed by atoms with van der Waals surface area (Å²) >= 11 is 0. The van der Waals surface area contributed by atoms with Crippen LogP contribution in [0, 0.1) is 18.8 Å². The van der Waals surface area contributed by atoms with E-state index >= 15 is 0 Å². The molecule has 110 valence electrons. The van der Waals surface area contributed by atoms with E-state index in [1.807, 2.05) is 24.3 Å². The molecule has 7 heteroatoms. The first-order valence-electron chi connectivity index (χ1n) is 6.31. The highest BCUT2D eigenvalue weighted by Gasteiger charge is 2.18. The standard InChI is InChI=1S/C14H16N4O2S/c1-11-14(10-16-18-11)21(19,20)17-9-13-6-3-2-5-12(13)7-4-8-15/h2-3,5-6,10,17H,8-9,15H2,1H3,(H,16,18). The molecule has 2 aromatic rings. The van der Waals surface area contributed by atoms with Gasteiger partial charge in [-0.2, -0.15) is 5.10 Å². The quantitative estimate of drug-likeness (QED) is 0.716. The molecule has 2 rings (SSSR count). The van der Waals surface area contributed by atoms with E-state index in [9.17, 15) is 8.42 Å². The van der Waals surface area contributed by atoms with Crippen LogP contribution in [0.3, 0.4) is 0 Å². The highest BCUT2D eigenvalue weighted by molar-refractivity contribution is 7.89. The lowest BCUT2D eigenvalue weighted by Crippen LogP contribution is -2.24. The highest BCUT2D eigenvalue weighted by atomic mass is 32.2. The van der Waals surface area contributed by atoms with Gasteiger partial charge in [-0.15, -0.1) is 0 Å². The topological polar surface area (TPSA) is 101 Å². The van der Waals surface area contributed by atoms with Gasteiger partial charge in [0.1, 0.15) is 4.90 Å². The molecular formula is C14H16N4O2S. The third-order valence-corrected chi connectivity index (χ3v) is 4.38. The van der Waals surface area contributed by atoms with Crippen molar-refractivity contribution in [3.63, 3.8) is 0 Å². The predicted molar refractivity (Wildman–Crippen MR) is 79.7 cm³/mol. The Bertz CT molecular complexity index is 785. The first-order chi connectivity index (χ1) is 10.0. The maximum absolute atomic E-state index is 12.2. The van der Waals surface area contributed by atoms with Gasteiger partial charge in [0, 0.05) is 12.1 Å². The molecule has 0 radical (unpaired) electrons. The molecule has 0 amide bonds. The van der Waals surface area contributed by atoms with Crippen LogP contribution >= 0.6 is 0 Å². The Balaban J connectivity index is 2.19. The highest BCUT2D eigenvalue weighted by Crippen LogP contribution is 2.13. The van der Waals surface area contributed by atoms with Gasteiger partial charge in [0.05, 0.1) is 18.4 Å². The summed E-state index contributed by atoms with van der Waals surface area (Å²) < 4.78 is 26.9. The van der Waals surface area contributed by atoms with Crippen LogP contribution in [0.4, 0.5) is 0 Å². The van der Waals surface area contributed by atoms with Crippen molar-refractivity contribution in [2.75, 3.05) is 6.54 Å². The molecule has 0 bridgehead atoms. The molecule has 0 fully saturated rings. The number of aromatic nitrogens is 2. The van der Waals surface area contributed by atoms with E-state index in [0.29, 0.717) is 5.69 Å². The van der Waals surface area contributed by atoms with Crippen molar-refractivity contribution in [3.8, 4) is 11.8 Å². The van der Waals surface area contributed by atoms with Gasteiger partial charge in [-0.05, 0) is 18.6 Å². The molecule has 1 heterocycles. The third kappa shape index (κ3) is 3.70. The molecule has 21 heavy (non-hydrogen) atoms. The summed E-state index contributed by atoms with van der Waals surface area (Å²) in [6.45, 7) is 2.07. The molecule has 0 atom stereocenters. The van der Waals surface area contributed by atoms with Gasteiger partial charge < -0.3 is 5.73 Å². The summed E-state index contributed by atoms with van der Waals surface area (Å²) in [5.41, 5.74) is 7.41. The zero-order valence-electron chi connectivity index (χ0n) is 11.6. The molecule has 0 saturated heterocycles. The minimum atomic E-state index is -3.60. The molecule has 0 aliphatic rings. The van der Waals surface area contributed by atoms with Crippen molar-refractivity contribution in [2.24, 2.45) is 5.73 Å². The molecule has 1 aromatic heterocycles. The second-order valence-corrected chi connectivity index (χ2v) is 6.08. The Kier molecular flexibility index (Phi) is 4.75. The summed E-state index contributed by atoms with van der Waals surface area (Å²) in [7, 11) is -3.60. The van der Waals surface area contributed by atoms with Gasteiger partial charge in [-0.3, -0.25) is 5.10 Å². The lowest BCUT2D eigenvalue weighted by atomic mass is 10.1. The lowest BCUT2D eigenvalue weighted by molar-refractivity contribution is 0.580. The minimum absolute atomic E-state index is 0.146. The first kappa shape index (κ1) is 15.3. The molecule has 0 aliphatic heterocycles. The van der Waals surface area contributed by atoms with Crippen LogP contribution in [0.2, 0.25) is 0 Å². The maximum Gasteiger partial charge on any atom is 0.244 e.